The Labute approximate surface area is 115 Å². The Morgan fingerprint density at radius 2 is 2.16 bits per heavy atom. The van der Waals surface area contributed by atoms with E-state index in [2.05, 4.69) is 53.0 Å². The third-order valence-electron chi connectivity index (χ3n) is 4.22. The summed E-state index contributed by atoms with van der Waals surface area (Å²) in [4.78, 5) is 4.61. The van der Waals surface area contributed by atoms with Crippen molar-refractivity contribution < 1.29 is 0 Å². The fraction of sp³-hybridized carbons (Fsp3) is 0.562. The number of aromatic nitrogens is 2. The molecule has 102 valence electrons. The quantitative estimate of drug-likeness (QED) is 0.861. The Kier molecular flexibility index (Phi) is 3.56. The fourth-order valence-corrected chi connectivity index (χ4v) is 2.98. The minimum atomic E-state index is 0.718. The topological polar surface area (TPSA) is 29.9 Å². The molecule has 0 bridgehead atoms. The molecular weight excluding hydrogens is 234 g/mol. The van der Waals surface area contributed by atoms with Crippen molar-refractivity contribution >= 4 is 11.0 Å². The molecule has 1 aliphatic rings. The molecule has 19 heavy (non-hydrogen) atoms. The lowest BCUT2D eigenvalue weighted by molar-refractivity contribution is 0.436. The van der Waals surface area contributed by atoms with Gasteiger partial charge in [-0.3, -0.25) is 0 Å². The average molecular weight is 257 g/mol. The van der Waals surface area contributed by atoms with Crippen LogP contribution in [-0.2, 0) is 6.54 Å². The summed E-state index contributed by atoms with van der Waals surface area (Å²) in [5.41, 5.74) is 2.36. The van der Waals surface area contributed by atoms with E-state index in [9.17, 15) is 0 Å². The molecule has 1 N–H and O–H groups in total. The zero-order valence-electron chi connectivity index (χ0n) is 11.9. The third-order valence-corrected chi connectivity index (χ3v) is 4.22. The molecule has 1 unspecified atom stereocenters. The van der Waals surface area contributed by atoms with E-state index in [4.69, 9.17) is 0 Å². The van der Waals surface area contributed by atoms with Crippen LogP contribution >= 0.6 is 0 Å². The van der Waals surface area contributed by atoms with E-state index >= 15 is 0 Å². The molecule has 1 fully saturated rings. The van der Waals surface area contributed by atoms with Crippen LogP contribution < -0.4 is 5.32 Å². The van der Waals surface area contributed by atoms with Gasteiger partial charge in [-0.25, -0.2) is 4.98 Å². The van der Waals surface area contributed by atoms with Crippen molar-refractivity contribution in [1.29, 1.82) is 0 Å². The fourth-order valence-electron chi connectivity index (χ4n) is 2.98. The number of nitrogens with zero attached hydrogens (tertiary/aromatic N) is 2. The predicted molar refractivity (Wildman–Crippen MR) is 79.3 cm³/mol. The summed E-state index contributed by atoms with van der Waals surface area (Å²) in [6, 6.07) is 9.11. The van der Waals surface area contributed by atoms with Crippen LogP contribution in [0.3, 0.4) is 0 Å². The second kappa shape index (κ2) is 5.33. The summed E-state index contributed by atoms with van der Waals surface area (Å²) < 4.78 is 2.32. The molecule has 0 saturated heterocycles. The highest BCUT2D eigenvalue weighted by molar-refractivity contribution is 5.75. The zero-order valence-corrected chi connectivity index (χ0v) is 11.9. The molecule has 3 nitrogen and oxygen atoms in total. The van der Waals surface area contributed by atoms with Gasteiger partial charge < -0.3 is 9.88 Å². The van der Waals surface area contributed by atoms with Crippen LogP contribution in [0.5, 0.6) is 0 Å². The van der Waals surface area contributed by atoms with Gasteiger partial charge in [0.1, 0.15) is 5.82 Å². The number of aryl methyl sites for hydroxylation is 1. The monoisotopic (exact) mass is 257 g/mol. The molecule has 0 amide bonds. The zero-order chi connectivity index (χ0) is 13.2. The Hall–Kier alpha value is -1.35. The smallest absolute Gasteiger partial charge is 0.106 e. The number of hydrogen-bond donors (Lipinski definition) is 1. The summed E-state index contributed by atoms with van der Waals surface area (Å²) in [5, 5.41) is 3.71. The molecule has 1 aromatic carbocycles. The molecule has 0 spiro atoms. The molecule has 1 aromatic heterocycles. The maximum atomic E-state index is 4.61. The molecule has 1 aliphatic carbocycles. The van der Waals surface area contributed by atoms with Gasteiger partial charge in [0.15, 0.2) is 0 Å². The van der Waals surface area contributed by atoms with Crippen molar-refractivity contribution in [2.24, 2.45) is 5.92 Å². The van der Waals surface area contributed by atoms with Crippen molar-refractivity contribution in [3.63, 3.8) is 0 Å². The molecular formula is C16H23N3. The number of benzene rings is 1. The van der Waals surface area contributed by atoms with Crippen molar-refractivity contribution in [2.45, 2.75) is 45.7 Å². The van der Waals surface area contributed by atoms with E-state index in [1.54, 1.807) is 0 Å². The Morgan fingerprint density at radius 3 is 2.89 bits per heavy atom. The van der Waals surface area contributed by atoms with Crippen LogP contribution in [0.25, 0.3) is 11.0 Å². The van der Waals surface area contributed by atoms with Crippen molar-refractivity contribution in [1.82, 2.24) is 14.9 Å². The summed E-state index contributed by atoms with van der Waals surface area (Å²) in [6.07, 6.45) is 4.07. The van der Waals surface area contributed by atoms with Gasteiger partial charge in [-0.2, -0.15) is 0 Å². The van der Waals surface area contributed by atoms with Gasteiger partial charge in [0.25, 0.3) is 0 Å². The number of para-hydroxylation sites is 2. The maximum absolute atomic E-state index is 4.61. The van der Waals surface area contributed by atoms with Crippen LogP contribution in [0.15, 0.2) is 24.3 Å². The van der Waals surface area contributed by atoms with Crippen molar-refractivity contribution in [3.05, 3.63) is 30.1 Å². The molecule has 1 saturated carbocycles. The van der Waals surface area contributed by atoms with Gasteiger partial charge in [0.05, 0.1) is 11.0 Å². The first-order valence-corrected chi connectivity index (χ1v) is 7.45. The molecule has 1 atom stereocenters. The normalized spacial score (nSPS) is 16.9. The summed E-state index contributed by atoms with van der Waals surface area (Å²) in [7, 11) is 0. The lowest BCUT2D eigenvalue weighted by Crippen LogP contribution is -2.33. The first kappa shape index (κ1) is 12.7. The van der Waals surface area contributed by atoms with E-state index in [0.29, 0.717) is 0 Å². The highest BCUT2D eigenvalue weighted by Crippen LogP contribution is 2.33. The summed E-state index contributed by atoms with van der Waals surface area (Å²) >= 11 is 0. The van der Waals surface area contributed by atoms with E-state index in [0.717, 1.165) is 36.4 Å². The largest absolute Gasteiger partial charge is 0.327 e. The molecule has 1 heterocycles. The average Bonchev–Trinajstić information content (AvgIpc) is 3.20. The predicted octanol–water partition coefficient (Wildman–Crippen LogP) is 3.12. The molecule has 3 rings (SSSR count). The van der Waals surface area contributed by atoms with Gasteiger partial charge in [0.2, 0.25) is 0 Å². The number of fused-ring (bicyclic) bond motifs is 1. The Balaban J connectivity index is 1.66. The SMILES string of the molecule is CCC(NCCn1c(C)nc2ccccc21)C1CC1. The van der Waals surface area contributed by atoms with E-state index < -0.39 is 0 Å². The Morgan fingerprint density at radius 1 is 1.37 bits per heavy atom. The highest BCUT2D eigenvalue weighted by Gasteiger charge is 2.29. The molecule has 0 radical (unpaired) electrons. The van der Waals surface area contributed by atoms with Crippen molar-refractivity contribution in [3.8, 4) is 0 Å². The molecule has 0 aliphatic heterocycles. The van der Waals surface area contributed by atoms with Crippen LogP contribution in [0.2, 0.25) is 0 Å². The lowest BCUT2D eigenvalue weighted by Gasteiger charge is -2.16. The van der Waals surface area contributed by atoms with Gasteiger partial charge >= 0.3 is 0 Å². The summed E-state index contributed by atoms with van der Waals surface area (Å²) in [6.45, 7) is 6.43. The van der Waals surface area contributed by atoms with Crippen LogP contribution in [0, 0.1) is 12.8 Å². The Bertz CT molecular complexity index is 554. The van der Waals surface area contributed by atoms with E-state index in [1.165, 1.54) is 24.8 Å². The highest BCUT2D eigenvalue weighted by atomic mass is 15.1. The number of hydrogen-bond acceptors (Lipinski definition) is 2. The maximum Gasteiger partial charge on any atom is 0.106 e. The van der Waals surface area contributed by atoms with Crippen LogP contribution in [-0.4, -0.2) is 22.1 Å². The van der Waals surface area contributed by atoms with Crippen LogP contribution in [0.1, 0.15) is 32.0 Å². The van der Waals surface area contributed by atoms with Gasteiger partial charge in [-0.05, 0) is 44.2 Å². The third kappa shape index (κ3) is 2.66. The molecule has 3 heteroatoms. The lowest BCUT2D eigenvalue weighted by atomic mass is 10.1. The first-order valence-electron chi connectivity index (χ1n) is 7.45. The van der Waals surface area contributed by atoms with E-state index in [1.807, 2.05) is 0 Å². The number of rotatable bonds is 6. The number of imidazole rings is 1. The van der Waals surface area contributed by atoms with E-state index in [-0.39, 0.29) is 0 Å². The summed E-state index contributed by atoms with van der Waals surface area (Å²) in [5.74, 6) is 2.05. The van der Waals surface area contributed by atoms with Gasteiger partial charge in [-0.1, -0.05) is 19.1 Å². The minimum absolute atomic E-state index is 0.718. The first-order chi connectivity index (χ1) is 9.29. The minimum Gasteiger partial charge on any atom is -0.327 e. The van der Waals surface area contributed by atoms with Gasteiger partial charge in [-0.15, -0.1) is 0 Å². The van der Waals surface area contributed by atoms with Crippen molar-refractivity contribution in [2.75, 3.05) is 6.54 Å². The second-order valence-corrected chi connectivity index (χ2v) is 5.61. The number of nitrogens with one attached hydrogen (secondary N) is 1. The van der Waals surface area contributed by atoms with Crippen LogP contribution in [0.4, 0.5) is 0 Å². The van der Waals surface area contributed by atoms with Gasteiger partial charge in [0, 0.05) is 19.1 Å². The second-order valence-electron chi connectivity index (χ2n) is 5.61. The standard InChI is InChI=1S/C16H23N3/c1-3-14(13-8-9-13)17-10-11-19-12(2)18-15-6-4-5-7-16(15)19/h4-7,13-14,17H,3,8-11H2,1-2H3. The molecule has 2 aromatic rings.